The lowest BCUT2D eigenvalue weighted by molar-refractivity contribution is 0.488. The third-order valence-electron chi connectivity index (χ3n) is 10.5. The average molecular weight is 690 g/mol. The summed E-state index contributed by atoms with van der Waals surface area (Å²) in [5, 5.41) is 2.40. The number of rotatable bonds is 6. The average Bonchev–Trinajstić information content (AvgIpc) is 3.39. The summed E-state index contributed by atoms with van der Waals surface area (Å²) in [7, 11) is 0. The summed E-state index contributed by atoms with van der Waals surface area (Å²) in [4.78, 5) is 2.37. The number of nitrogens with zero attached hydrogens (tertiary/aromatic N) is 1. The molecule has 0 bridgehead atoms. The summed E-state index contributed by atoms with van der Waals surface area (Å²) in [5.41, 5.74) is 14.7. The predicted octanol–water partition coefficient (Wildman–Crippen LogP) is 14.8. The van der Waals surface area contributed by atoms with Crippen molar-refractivity contribution in [3.63, 3.8) is 0 Å². The maximum absolute atomic E-state index is 6.88. The van der Waals surface area contributed by atoms with Gasteiger partial charge in [-0.3, -0.25) is 0 Å². The van der Waals surface area contributed by atoms with Crippen LogP contribution < -0.4 is 9.64 Å². The van der Waals surface area contributed by atoms with E-state index in [-0.39, 0.29) is 0 Å². The number of ether oxygens (including phenoxy) is 1. The van der Waals surface area contributed by atoms with Gasteiger partial charge in [-0.15, -0.1) is 0 Å². The Morgan fingerprint density at radius 3 is 1.56 bits per heavy atom. The molecule has 54 heavy (non-hydrogen) atoms. The number of anilines is 3. The minimum atomic E-state index is 0.824. The Bertz CT molecular complexity index is 2770. The third-order valence-corrected chi connectivity index (χ3v) is 10.5. The fourth-order valence-corrected chi connectivity index (χ4v) is 7.79. The van der Waals surface area contributed by atoms with Crippen molar-refractivity contribution in [3.8, 4) is 67.1 Å². The summed E-state index contributed by atoms with van der Waals surface area (Å²) >= 11 is 0. The molecular formula is C52H35NO. The van der Waals surface area contributed by atoms with Crippen LogP contribution in [0.25, 0.3) is 66.4 Å². The van der Waals surface area contributed by atoms with Gasteiger partial charge in [-0.25, -0.2) is 0 Å². The molecule has 0 aromatic heterocycles. The van der Waals surface area contributed by atoms with Crippen LogP contribution in [0.3, 0.4) is 0 Å². The monoisotopic (exact) mass is 689 g/mol. The highest BCUT2D eigenvalue weighted by atomic mass is 16.5. The van der Waals surface area contributed by atoms with Crippen LogP contribution in [-0.4, -0.2) is 0 Å². The van der Waals surface area contributed by atoms with Gasteiger partial charge in [0.2, 0.25) is 0 Å². The van der Waals surface area contributed by atoms with E-state index in [1.807, 2.05) is 0 Å². The molecule has 2 heteroatoms. The third kappa shape index (κ3) is 5.71. The Balaban J connectivity index is 1.15. The molecule has 9 aromatic carbocycles. The molecule has 10 rings (SSSR count). The summed E-state index contributed by atoms with van der Waals surface area (Å²) in [6.45, 7) is 0. The second-order valence-corrected chi connectivity index (χ2v) is 13.7. The molecule has 2 nitrogen and oxygen atoms in total. The number of hydrogen-bond acceptors (Lipinski definition) is 2. The van der Waals surface area contributed by atoms with Gasteiger partial charge in [-0.1, -0.05) is 164 Å². The van der Waals surface area contributed by atoms with Crippen LogP contribution >= 0.6 is 0 Å². The van der Waals surface area contributed by atoms with Gasteiger partial charge >= 0.3 is 0 Å². The van der Waals surface area contributed by atoms with Crippen LogP contribution in [0.1, 0.15) is 0 Å². The first-order chi connectivity index (χ1) is 26.8. The van der Waals surface area contributed by atoms with Gasteiger partial charge in [-0.05, 0) is 104 Å². The maximum atomic E-state index is 6.88. The highest BCUT2D eigenvalue weighted by molar-refractivity contribution is 6.01. The molecule has 0 radical (unpaired) electrons. The van der Waals surface area contributed by atoms with Crippen LogP contribution in [0, 0.1) is 0 Å². The molecule has 0 N–H and O–H groups in total. The molecular weight excluding hydrogens is 655 g/mol. The van der Waals surface area contributed by atoms with Crippen molar-refractivity contribution in [3.05, 3.63) is 212 Å². The van der Waals surface area contributed by atoms with Crippen LogP contribution in [0.5, 0.6) is 11.5 Å². The van der Waals surface area contributed by atoms with Gasteiger partial charge in [0.1, 0.15) is 11.5 Å². The zero-order valence-electron chi connectivity index (χ0n) is 29.6. The van der Waals surface area contributed by atoms with E-state index < -0.39 is 0 Å². The minimum Gasteiger partial charge on any atom is -0.456 e. The Labute approximate surface area is 315 Å². The largest absolute Gasteiger partial charge is 0.456 e. The molecule has 0 saturated carbocycles. The molecule has 0 fully saturated rings. The first-order valence-electron chi connectivity index (χ1n) is 18.4. The molecule has 0 spiro atoms. The highest BCUT2D eigenvalue weighted by Gasteiger charge is 2.27. The van der Waals surface area contributed by atoms with Gasteiger partial charge < -0.3 is 9.64 Å². The molecule has 1 aliphatic heterocycles. The van der Waals surface area contributed by atoms with Crippen LogP contribution in [0.2, 0.25) is 0 Å². The van der Waals surface area contributed by atoms with E-state index in [0.29, 0.717) is 0 Å². The van der Waals surface area contributed by atoms with Gasteiger partial charge in [0, 0.05) is 22.5 Å². The van der Waals surface area contributed by atoms with Crippen molar-refractivity contribution in [2.75, 3.05) is 4.90 Å². The zero-order valence-corrected chi connectivity index (χ0v) is 29.6. The van der Waals surface area contributed by atoms with Gasteiger partial charge in [0.15, 0.2) is 0 Å². The van der Waals surface area contributed by atoms with Crippen molar-refractivity contribution in [1.29, 1.82) is 0 Å². The molecule has 9 aromatic rings. The van der Waals surface area contributed by atoms with E-state index in [0.717, 1.165) is 56.4 Å². The fourth-order valence-electron chi connectivity index (χ4n) is 7.79. The van der Waals surface area contributed by atoms with E-state index in [2.05, 4.69) is 217 Å². The van der Waals surface area contributed by atoms with Gasteiger partial charge in [0.05, 0.1) is 5.69 Å². The van der Waals surface area contributed by atoms with Gasteiger partial charge in [-0.2, -0.15) is 0 Å². The Morgan fingerprint density at radius 1 is 0.296 bits per heavy atom. The lowest BCUT2D eigenvalue weighted by Gasteiger charge is -2.29. The second-order valence-electron chi connectivity index (χ2n) is 13.7. The fraction of sp³-hybridized carbons (Fsp3) is 0. The van der Waals surface area contributed by atoms with E-state index in [1.54, 1.807) is 0 Å². The normalized spacial score (nSPS) is 11.5. The first kappa shape index (κ1) is 31.6. The minimum absolute atomic E-state index is 0.824. The standard InChI is InChI=1S/C52H35NO/c1-3-12-36(13-4-1)39-22-24-41(25-23-39)43-29-33-47-48(35-43)46-18-9-10-20-50(46)54-51-21-11-19-49(52(47)51)53(45-32-28-38-16-7-8-17-42(38)34-45)44-30-26-40(27-31-44)37-14-5-2-6-15-37/h1-35H. The predicted molar refractivity (Wildman–Crippen MR) is 226 cm³/mol. The Hall–Kier alpha value is -7.16. The molecule has 0 aliphatic carbocycles. The zero-order chi connectivity index (χ0) is 35.8. The quantitative estimate of drug-likeness (QED) is 0.172. The van der Waals surface area contributed by atoms with E-state index in [9.17, 15) is 0 Å². The number of benzene rings is 9. The van der Waals surface area contributed by atoms with E-state index in [4.69, 9.17) is 4.74 Å². The number of para-hydroxylation sites is 1. The van der Waals surface area contributed by atoms with Crippen molar-refractivity contribution < 1.29 is 4.74 Å². The highest BCUT2D eigenvalue weighted by Crippen LogP contribution is 2.53. The smallest absolute Gasteiger partial charge is 0.137 e. The van der Waals surface area contributed by atoms with Crippen LogP contribution in [0.15, 0.2) is 212 Å². The Morgan fingerprint density at radius 2 is 0.833 bits per heavy atom. The first-order valence-corrected chi connectivity index (χ1v) is 18.4. The molecule has 1 aliphatic rings. The van der Waals surface area contributed by atoms with E-state index in [1.165, 1.54) is 38.6 Å². The summed E-state index contributed by atoms with van der Waals surface area (Å²) < 4.78 is 6.88. The molecule has 0 amide bonds. The van der Waals surface area contributed by atoms with Crippen LogP contribution in [-0.2, 0) is 0 Å². The maximum Gasteiger partial charge on any atom is 0.137 e. The number of hydrogen-bond donors (Lipinski definition) is 0. The molecule has 0 unspecified atom stereocenters. The topological polar surface area (TPSA) is 12.5 Å². The van der Waals surface area contributed by atoms with Crippen molar-refractivity contribution in [2.45, 2.75) is 0 Å². The van der Waals surface area contributed by atoms with Crippen molar-refractivity contribution >= 4 is 27.8 Å². The second kappa shape index (κ2) is 13.4. The number of fused-ring (bicyclic) bond motifs is 6. The lowest BCUT2D eigenvalue weighted by atomic mass is 9.89. The summed E-state index contributed by atoms with van der Waals surface area (Å²) in [5.74, 6) is 1.67. The van der Waals surface area contributed by atoms with E-state index >= 15 is 0 Å². The molecule has 254 valence electrons. The van der Waals surface area contributed by atoms with Crippen molar-refractivity contribution in [1.82, 2.24) is 0 Å². The van der Waals surface area contributed by atoms with Gasteiger partial charge in [0.25, 0.3) is 0 Å². The lowest BCUT2D eigenvalue weighted by Crippen LogP contribution is -2.11. The summed E-state index contributed by atoms with van der Waals surface area (Å²) in [6.07, 6.45) is 0. The van der Waals surface area contributed by atoms with Crippen molar-refractivity contribution in [2.24, 2.45) is 0 Å². The SMILES string of the molecule is c1ccc(-c2ccc(-c3ccc4c(c3)-c3ccccc3Oc3cccc(N(c5ccc(-c6ccccc6)cc5)c5ccc6ccccc6c5)c3-4)cc2)cc1. The van der Waals surface area contributed by atoms with Crippen LogP contribution in [0.4, 0.5) is 17.1 Å². The molecule has 1 heterocycles. The Kier molecular flexibility index (Phi) is 7.85. The molecule has 0 saturated heterocycles. The molecule has 0 atom stereocenters. The summed E-state index contributed by atoms with van der Waals surface area (Å²) in [6, 6.07) is 75.8.